The van der Waals surface area contributed by atoms with E-state index >= 15 is 0 Å². The summed E-state index contributed by atoms with van der Waals surface area (Å²) in [5.74, 6) is 0.864. The summed E-state index contributed by atoms with van der Waals surface area (Å²) in [6.07, 6.45) is 5.52. The molecule has 0 aromatic heterocycles. The Bertz CT molecular complexity index is 394. The Labute approximate surface area is 108 Å². The number of ether oxygens (including phenoxy) is 2. The van der Waals surface area contributed by atoms with Gasteiger partial charge in [0.25, 0.3) is 0 Å². The number of hydrogen-bond donors (Lipinski definition) is 0. The Balaban J connectivity index is 1.84. The number of hydrogen-bond acceptors (Lipinski definition) is 3. The largest absolute Gasteiger partial charge is 0.497 e. The molecule has 1 fully saturated rings. The molecule has 1 aliphatic rings. The minimum absolute atomic E-state index is 0.0440. The van der Waals surface area contributed by atoms with Gasteiger partial charge in [0.05, 0.1) is 13.0 Å². The predicted molar refractivity (Wildman–Crippen MR) is 69.4 cm³/mol. The summed E-state index contributed by atoms with van der Waals surface area (Å²) in [5, 5.41) is 0. The van der Waals surface area contributed by atoms with Crippen molar-refractivity contribution >= 4 is 5.97 Å². The third-order valence-corrected chi connectivity index (χ3v) is 3.45. The summed E-state index contributed by atoms with van der Waals surface area (Å²) >= 11 is 0. The normalized spacial score (nSPS) is 16.3. The number of methoxy groups -OCH3 is 1. The van der Waals surface area contributed by atoms with Gasteiger partial charge in [-0.1, -0.05) is 31.4 Å². The van der Waals surface area contributed by atoms with Crippen LogP contribution in [0.5, 0.6) is 5.75 Å². The highest BCUT2D eigenvalue weighted by Crippen LogP contribution is 2.25. The maximum atomic E-state index is 11.9. The van der Waals surface area contributed by atoms with Crippen LogP contribution < -0.4 is 4.74 Å². The predicted octanol–water partition coefficient (Wildman–Crippen LogP) is 3.32. The standard InChI is InChI=1S/C15H20O3/c1-17-14-9-5-6-12(10-14)11-18-15(16)13-7-3-2-4-8-13/h5-6,9-10,13H,2-4,7-8,11H2,1H3. The quantitative estimate of drug-likeness (QED) is 0.767. The van der Waals surface area contributed by atoms with Crippen molar-refractivity contribution in [3.8, 4) is 5.75 Å². The SMILES string of the molecule is COc1cccc(COC(=O)C2CCCCC2)c1. The van der Waals surface area contributed by atoms with Crippen molar-refractivity contribution in [2.24, 2.45) is 5.92 Å². The Kier molecular flexibility index (Phi) is 4.62. The Hall–Kier alpha value is -1.51. The zero-order chi connectivity index (χ0) is 12.8. The summed E-state index contributed by atoms with van der Waals surface area (Å²) in [6.45, 7) is 0.340. The van der Waals surface area contributed by atoms with Gasteiger partial charge >= 0.3 is 5.97 Å². The van der Waals surface area contributed by atoms with Crippen LogP contribution in [-0.4, -0.2) is 13.1 Å². The molecule has 0 bridgehead atoms. The van der Waals surface area contributed by atoms with Gasteiger partial charge < -0.3 is 9.47 Å². The molecule has 1 aromatic carbocycles. The van der Waals surface area contributed by atoms with Crippen LogP contribution in [-0.2, 0) is 16.1 Å². The molecule has 1 aliphatic carbocycles. The fraction of sp³-hybridized carbons (Fsp3) is 0.533. The zero-order valence-electron chi connectivity index (χ0n) is 10.9. The summed E-state index contributed by atoms with van der Waals surface area (Å²) in [4.78, 5) is 11.9. The van der Waals surface area contributed by atoms with E-state index in [9.17, 15) is 4.79 Å². The highest BCUT2D eigenvalue weighted by atomic mass is 16.5. The van der Waals surface area contributed by atoms with Gasteiger partial charge in [-0.15, -0.1) is 0 Å². The van der Waals surface area contributed by atoms with Gasteiger partial charge in [-0.05, 0) is 30.5 Å². The molecule has 2 rings (SSSR count). The highest BCUT2D eigenvalue weighted by molar-refractivity contribution is 5.72. The lowest BCUT2D eigenvalue weighted by Gasteiger charge is -2.19. The van der Waals surface area contributed by atoms with E-state index in [1.54, 1.807) is 7.11 Å². The lowest BCUT2D eigenvalue weighted by molar-refractivity contribution is -0.151. The van der Waals surface area contributed by atoms with Gasteiger partial charge in [-0.2, -0.15) is 0 Å². The lowest BCUT2D eigenvalue weighted by atomic mass is 9.89. The molecular formula is C15H20O3. The monoisotopic (exact) mass is 248 g/mol. The van der Waals surface area contributed by atoms with Crippen molar-refractivity contribution in [3.05, 3.63) is 29.8 Å². The Morgan fingerprint density at radius 1 is 1.28 bits per heavy atom. The number of rotatable bonds is 4. The zero-order valence-corrected chi connectivity index (χ0v) is 10.9. The number of esters is 1. The van der Waals surface area contributed by atoms with Gasteiger partial charge in [0.15, 0.2) is 0 Å². The van der Waals surface area contributed by atoms with Crippen LogP contribution in [0.25, 0.3) is 0 Å². The van der Waals surface area contributed by atoms with Crippen molar-refractivity contribution in [1.82, 2.24) is 0 Å². The lowest BCUT2D eigenvalue weighted by Crippen LogP contribution is -2.20. The molecule has 0 spiro atoms. The van der Waals surface area contributed by atoms with E-state index in [1.807, 2.05) is 24.3 Å². The summed E-state index contributed by atoms with van der Waals surface area (Å²) in [6, 6.07) is 7.62. The van der Waals surface area contributed by atoms with Gasteiger partial charge in [0.1, 0.15) is 12.4 Å². The van der Waals surface area contributed by atoms with Crippen LogP contribution in [0.15, 0.2) is 24.3 Å². The van der Waals surface area contributed by atoms with Crippen LogP contribution in [0.4, 0.5) is 0 Å². The second kappa shape index (κ2) is 6.43. The van der Waals surface area contributed by atoms with Gasteiger partial charge in [-0.3, -0.25) is 4.79 Å². The van der Waals surface area contributed by atoms with Crippen LogP contribution in [0.2, 0.25) is 0 Å². The minimum Gasteiger partial charge on any atom is -0.497 e. The summed E-state index contributed by atoms with van der Waals surface area (Å²) in [5.41, 5.74) is 0.971. The van der Waals surface area contributed by atoms with Crippen LogP contribution >= 0.6 is 0 Å². The molecule has 3 nitrogen and oxygen atoms in total. The molecule has 0 heterocycles. The van der Waals surface area contributed by atoms with Gasteiger partial charge in [-0.25, -0.2) is 0 Å². The maximum Gasteiger partial charge on any atom is 0.309 e. The third kappa shape index (κ3) is 3.49. The second-order valence-electron chi connectivity index (χ2n) is 4.79. The minimum atomic E-state index is -0.0440. The van der Waals surface area contributed by atoms with E-state index in [0.717, 1.165) is 37.0 Å². The fourth-order valence-electron chi connectivity index (χ4n) is 2.37. The van der Waals surface area contributed by atoms with Crippen LogP contribution in [0.3, 0.4) is 0 Å². The molecule has 1 aromatic rings. The first-order valence-electron chi connectivity index (χ1n) is 6.59. The fourth-order valence-corrected chi connectivity index (χ4v) is 2.37. The third-order valence-electron chi connectivity index (χ3n) is 3.45. The van der Waals surface area contributed by atoms with E-state index in [-0.39, 0.29) is 11.9 Å². The first kappa shape index (κ1) is 12.9. The van der Waals surface area contributed by atoms with Crippen LogP contribution in [0, 0.1) is 5.92 Å². The molecule has 18 heavy (non-hydrogen) atoms. The number of carbonyl (C=O) groups is 1. The van der Waals surface area contributed by atoms with Crippen molar-refractivity contribution in [2.75, 3.05) is 7.11 Å². The molecule has 0 aliphatic heterocycles. The van der Waals surface area contributed by atoms with Crippen LogP contribution in [0.1, 0.15) is 37.7 Å². The van der Waals surface area contributed by atoms with E-state index < -0.39 is 0 Å². The van der Waals surface area contributed by atoms with E-state index in [4.69, 9.17) is 9.47 Å². The number of carbonyl (C=O) groups excluding carboxylic acids is 1. The van der Waals surface area contributed by atoms with Crippen molar-refractivity contribution in [2.45, 2.75) is 38.7 Å². The molecule has 0 N–H and O–H groups in total. The molecular weight excluding hydrogens is 228 g/mol. The topological polar surface area (TPSA) is 35.5 Å². The van der Waals surface area contributed by atoms with E-state index in [1.165, 1.54) is 6.42 Å². The van der Waals surface area contributed by atoms with Gasteiger partial charge in [0.2, 0.25) is 0 Å². The first-order valence-corrected chi connectivity index (χ1v) is 6.59. The number of benzene rings is 1. The first-order chi connectivity index (χ1) is 8.79. The van der Waals surface area contributed by atoms with Crippen molar-refractivity contribution < 1.29 is 14.3 Å². The summed E-state index contributed by atoms with van der Waals surface area (Å²) < 4.78 is 10.5. The maximum absolute atomic E-state index is 11.9. The molecule has 0 unspecified atom stereocenters. The van der Waals surface area contributed by atoms with Crippen molar-refractivity contribution in [1.29, 1.82) is 0 Å². The highest BCUT2D eigenvalue weighted by Gasteiger charge is 2.22. The Morgan fingerprint density at radius 2 is 2.06 bits per heavy atom. The molecule has 98 valence electrons. The second-order valence-corrected chi connectivity index (χ2v) is 4.79. The molecule has 1 saturated carbocycles. The molecule has 0 saturated heterocycles. The smallest absolute Gasteiger partial charge is 0.309 e. The van der Waals surface area contributed by atoms with Crippen molar-refractivity contribution in [3.63, 3.8) is 0 Å². The molecule has 3 heteroatoms. The average molecular weight is 248 g/mol. The molecule has 0 atom stereocenters. The van der Waals surface area contributed by atoms with E-state index in [2.05, 4.69) is 0 Å². The average Bonchev–Trinajstić information content (AvgIpc) is 2.46. The Morgan fingerprint density at radius 3 is 2.78 bits per heavy atom. The van der Waals surface area contributed by atoms with Gasteiger partial charge in [0, 0.05) is 0 Å². The molecule has 0 amide bonds. The molecule has 0 radical (unpaired) electrons. The summed E-state index contributed by atoms with van der Waals surface area (Å²) in [7, 11) is 1.63. The van der Waals surface area contributed by atoms with E-state index in [0.29, 0.717) is 6.61 Å².